The van der Waals surface area contributed by atoms with Gasteiger partial charge in [0, 0.05) is 12.8 Å². The van der Waals surface area contributed by atoms with Gasteiger partial charge in [0.15, 0.2) is 0 Å². The molecule has 0 saturated heterocycles. The summed E-state index contributed by atoms with van der Waals surface area (Å²) in [4.78, 5) is 24.8. The van der Waals surface area contributed by atoms with Crippen LogP contribution in [0, 0.1) is 6.92 Å². The molecule has 4 nitrogen and oxygen atoms in total. The van der Waals surface area contributed by atoms with Gasteiger partial charge in [0.1, 0.15) is 12.2 Å². The van der Waals surface area contributed by atoms with Crippen LogP contribution in [0.5, 0.6) is 0 Å². The van der Waals surface area contributed by atoms with Crippen LogP contribution in [0.3, 0.4) is 0 Å². The number of benzene rings is 5. The third-order valence-corrected chi connectivity index (χ3v) is 7.94. The predicted octanol–water partition coefficient (Wildman–Crippen LogP) is 9.12. The average molecular weight is 519 g/mol. The number of fused-ring (bicyclic) bond motifs is 1. The third kappa shape index (κ3) is 4.73. The molecule has 1 aliphatic carbocycles. The van der Waals surface area contributed by atoms with Gasteiger partial charge in [-0.3, -0.25) is 9.59 Å². The molecule has 0 fully saturated rings. The second kappa shape index (κ2) is 10.3. The smallest absolute Gasteiger partial charge is 0.306 e. The largest absolute Gasteiger partial charge is 0.457 e. The zero-order valence-electron chi connectivity index (χ0n) is 22.9. The van der Waals surface area contributed by atoms with Crippen LogP contribution < -0.4 is 0 Å². The first-order valence-corrected chi connectivity index (χ1v) is 14.2. The predicted molar refractivity (Wildman–Crippen MR) is 157 cm³/mol. The average Bonchev–Trinajstić information content (AvgIpc) is 2.92. The Morgan fingerprint density at radius 2 is 1.13 bits per heavy atom. The summed E-state index contributed by atoms with van der Waals surface area (Å²) >= 11 is 0. The molecule has 2 unspecified atom stereocenters. The van der Waals surface area contributed by atoms with E-state index >= 15 is 0 Å². The minimum absolute atomic E-state index is 0.179. The lowest BCUT2D eigenvalue weighted by atomic mass is 9.84. The number of esters is 2. The van der Waals surface area contributed by atoms with Gasteiger partial charge in [-0.2, -0.15) is 0 Å². The van der Waals surface area contributed by atoms with Crippen molar-refractivity contribution < 1.29 is 19.1 Å². The summed E-state index contributed by atoms with van der Waals surface area (Å²) in [6.07, 6.45) is 2.93. The van der Waals surface area contributed by atoms with E-state index in [1.807, 2.05) is 13.8 Å². The zero-order valence-corrected chi connectivity index (χ0v) is 22.9. The molecule has 39 heavy (non-hydrogen) atoms. The fourth-order valence-corrected chi connectivity index (χ4v) is 6.19. The van der Waals surface area contributed by atoms with Crippen LogP contribution in [0.1, 0.15) is 81.3 Å². The molecule has 198 valence electrons. The highest BCUT2D eigenvalue weighted by atomic mass is 16.6. The van der Waals surface area contributed by atoms with Crippen molar-refractivity contribution in [3.8, 4) is 11.1 Å². The molecule has 0 amide bonds. The molecule has 0 spiro atoms. The Balaban J connectivity index is 1.44. The Hall–Kier alpha value is -3.92. The molecule has 0 radical (unpaired) electrons. The van der Waals surface area contributed by atoms with Gasteiger partial charge in [0.2, 0.25) is 0 Å². The molecule has 0 aromatic heterocycles. The first-order chi connectivity index (χ1) is 18.9. The molecule has 1 aliphatic rings. The minimum Gasteiger partial charge on any atom is -0.457 e. The summed E-state index contributed by atoms with van der Waals surface area (Å²) in [5.41, 5.74) is 5.33. The number of hydrogen-bond donors (Lipinski definition) is 0. The number of rotatable bonds is 7. The van der Waals surface area contributed by atoms with Crippen molar-refractivity contribution in [2.24, 2.45) is 0 Å². The van der Waals surface area contributed by atoms with Crippen LogP contribution in [0.25, 0.3) is 43.4 Å². The number of carbonyl (C=O) groups is 2. The molecule has 0 aliphatic heterocycles. The molecule has 5 aromatic rings. The van der Waals surface area contributed by atoms with Gasteiger partial charge < -0.3 is 9.47 Å². The second-order valence-corrected chi connectivity index (χ2v) is 10.9. The van der Waals surface area contributed by atoms with Gasteiger partial charge in [-0.1, -0.05) is 62.4 Å². The van der Waals surface area contributed by atoms with Gasteiger partial charge in [0.25, 0.3) is 0 Å². The normalized spacial score (nSPS) is 17.0. The Morgan fingerprint density at radius 1 is 0.641 bits per heavy atom. The van der Waals surface area contributed by atoms with E-state index in [1.165, 1.54) is 37.9 Å². The fraction of sp³-hybridized carbons (Fsp3) is 0.314. The molecule has 5 aromatic carbocycles. The molecular formula is C35H34O4. The highest BCUT2D eigenvalue weighted by Gasteiger charge is 2.32. The third-order valence-electron chi connectivity index (χ3n) is 7.94. The second-order valence-electron chi connectivity index (χ2n) is 10.9. The zero-order chi connectivity index (χ0) is 27.1. The first-order valence-electron chi connectivity index (χ1n) is 14.2. The Bertz CT molecular complexity index is 1630. The van der Waals surface area contributed by atoms with Crippen molar-refractivity contribution in [2.45, 2.75) is 71.5 Å². The molecule has 0 bridgehead atoms. The maximum atomic E-state index is 12.5. The van der Waals surface area contributed by atoms with Gasteiger partial charge in [-0.15, -0.1) is 0 Å². The van der Waals surface area contributed by atoms with Crippen LogP contribution >= 0.6 is 0 Å². The maximum absolute atomic E-state index is 12.5. The van der Waals surface area contributed by atoms with Crippen LogP contribution in [-0.2, 0) is 19.1 Å². The van der Waals surface area contributed by atoms with Crippen LogP contribution in [0.15, 0.2) is 66.7 Å². The van der Waals surface area contributed by atoms with Gasteiger partial charge >= 0.3 is 11.9 Å². The molecule has 0 saturated carbocycles. The number of hydrogen-bond acceptors (Lipinski definition) is 4. The lowest BCUT2D eigenvalue weighted by Crippen LogP contribution is -2.22. The van der Waals surface area contributed by atoms with E-state index in [0.29, 0.717) is 25.7 Å². The van der Waals surface area contributed by atoms with Crippen LogP contribution in [0.2, 0.25) is 0 Å². The van der Waals surface area contributed by atoms with Crippen molar-refractivity contribution in [3.63, 3.8) is 0 Å². The Labute approximate surface area is 229 Å². The minimum atomic E-state index is -0.339. The van der Waals surface area contributed by atoms with Gasteiger partial charge in [0.05, 0.1) is 0 Å². The van der Waals surface area contributed by atoms with Crippen molar-refractivity contribution in [2.75, 3.05) is 0 Å². The van der Waals surface area contributed by atoms with Crippen molar-refractivity contribution in [3.05, 3.63) is 83.4 Å². The first kappa shape index (κ1) is 25.4. The quantitative estimate of drug-likeness (QED) is 0.159. The summed E-state index contributed by atoms with van der Waals surface area (Å²) in [6, 6.07) is 24.2. The lowest BCUT2D eigenvalue weighted by Gasteiger charge is -2.31. The SMILES string of the molecule is CCCC(=O)OC1CCC(OC(=O)CCC)c2cc(-c3cc4ccc5cc(C)cc6ccc(c3)c4c56)ccc21. The monoisotopic (exact) mass is 518 g/mol. The summed E-state index contributed by atoms with van der Waals surface area (Å²) in [5, 5.41) is 7.56. The van der Waals surface area contributed by atoms with Crippen molar-refractivity contribution in [1.29, 1.82) is 0 Å². The maximum Gasteiger partial charge on any atom is 0.306 e. The molecule has 4 heteroatoms. The van der Waals surface area contributed by atoms with E-state index in [9.17, 15) is 9.59 Å². The number of aryl methyl sites for hydroxylation is 1. The fourth-order valence-electron chi connectivity index (χ4n) is 6.19. The van der Waals surface area contributed by atoms with Crippen molar-refractivity contribution >= 4 is 44.3 Å². The van der Waals surface area contributed by atoms with E-state index in [-0.39, 0.29) is 24.1 Å². The summed E-state index contributed by atoms with van der Waals surface area (Å²) in [7, 11) is 0. The standard InChI is InChI=1S/C35H34O4/c1-4-6-32(36)38-30-14-15-31(39-33(37)7-5-2)29-20-22(12-13-28(29)30)27-18-25-10-8-23-16-21(3)17-24-9-11-26(19-27)35(25)34(23)24/h8-13,16-20,30-31H,4-7,14-15H2,1-3H3. The highest BCUT2D eigenvalue weighted by Crippen LogP contribution is 2.43. The van der Waals surface area contributed by atoms with E-state index in [2.05, 4.69) is 73.7 Å². The van der Waals surface area contributed by atoms with E-state index < -0.39 is 0 Å². The Morgan fingerprint density at radius 3 is 1.64 bits per heavy atom. The summed E-state index contributed by atoms with van der Waals surface area (Å²) in [6.45, 7) is 6.10. The molecule has 6 rings (SSSR count). The van der Waals surface area contributed by atoms with Gasteiger partial charge in [-0.05, 0) is 111 Å². The number of ether oxygens (including phenoxy) is 2. The topological polar surface area (TPSA) is 52.6 Å². The van der Waals surface area contributed by atoms with E-state index in [4.69, 9.17) is 9.47 Å². The molecular weight excluding hydrogens is 484 g/mol. The molecule has 2 atom stereocenters. The van der Waals surface area contributed by atoms with Crippen LogP contribution in [0.4, 0.5) is 0 Å². The van der Waals surface area contributed by atoms with E-state index in [1.54, 1.807) is 0 Å². The van der Waals surface area contributed by atoms with Crippen LogP contribution in [-0.4, -0.2) is 11.9 Å². The Kier molecular flexibility index (Phi) is 6.72. The van der Waals surface area contributed by atoms with Gasteiger partial charge in [-0.25, -0.2) is 0 Å². The van der Waals surface area contributed by atoms with Crippen molar-refractivity contribution in [1.82, 2.24) is 0 Å². The summed E-state index contributed by atoms with van der Waals surface area (Å²) < 4.78 is 11.8. The summed E-state index contributed by atoms with van der Waals surface area (Å²) in [5.74, 6) is -0.361. The molecule has 0 heterocycles. The van der Waals surface area contributed by atoms with E-state index in [0.717, 1.165) is 35.1 Å². The number of carbonyl (C=O) groups excluding carboxylic acids is 2. The molecule has 0 N–H and O–H groups in total. The highest BCUT2D eigenvalue weighted by molar-refractivity contribution is 6.23. The lowest BCUT2D eigenvalue weighted by molar-refractivity contribution is -0.156.